The Bertz CT molecular complexity index is 859. The lowest BCUT2D eigenvalue weighted by atomic mass is 10.2. The van der Waals surface area contributed by atoms with Crippen LogP contribution in [0, 0.1) is 0 Å². The second kappa shape index (κ2) is 6.18. The number of rotatable bonds is 4. The van der Waals surface area contributed by atoms with Gasteiger partial charge in [0, 0.05) is 28.5 Å². The highest BCUT2D eigenvalue weighted by molar-refractivity contribution is 6.30. The summed E-state index contributed by atoms with van der Waals surface area (Å²) in [4.78, 5) is 20.0. The Balaban J connectivity index is 2.08. The molecule has 0 aliphatic carbocycles. The normalized spacial score (nSPS) is 10.7. The molecule has 0 radical (unpaired) electrons. The maximum Gasteiger partial charge on any atom is 0.356 e. The number of carboxylic acids is 1. The lowest BCUT2D eigenvalue weighted by Gasteiger charge is -2.07. The van der Waals surface area contributed by atoms with E-state index < -0.39 is 5.97 Å². The number of halogens is 1. The SMILES string of the molecule is CCc1cc(-n2ccc(C(=O)O)n2)nc(-c2ccc(Cl)cc2)n1. The number of carbonyl (C=O) groups is 1. The van der Waals surface area contributed by atoms with Crippen molar-refractivity contribution in [3.05, 3.63) is 59.0 Å². The molecule has 0 saturated heterocycles. The summed E-state index contributed by atoms with van der Waals surface area (Å²) in [6.07, 6.45) is 2.29. The number of hydrogen-bond acceptors (Lipinski definition) is 4. The average Bonchev–Trinajstić information content (AvgIpc) is 3.05. The van der Waals surface area contributed by atoms with Crippen LogP contribution in [0.15, 0.2) is 42.6 Å². The first-order chi connectivity index (χ1) is 11.1. The average molecular weight is 329 g/mol. The molecule has 0 unspecified atom stereocenters. The van der Waals surface area contributed by atoms with E-state index in [1.165, 1.54) is 10.7 Å². The highest BCUT2D eigenvalue weighted by atomic mass is 35.5. The summed E-state index contributed by atoms with van der Waals surface area (Å²) >= 11 is 5.91. The van der Waals surface area contributed by atoms with Crippen LogP contribution in [0.2, 0.25) is 5.02 Å². The van der Waals surface area contributed by atoms with Gasteiger partial charge in [-0.05, 0) is 36.8 Å². The zero-order chi connectivity index (χ0) is 16.4. The topological polar surface area (TPSA) is 80.9 Å². The van der Waals surface area contributed by atoms with E-state index in [9.17, 15) is 4.79 Å². The summed E-state index contributed by atoms with van der Waals surface area (Å²) < 4.78 is 1.43. The third kappa shape index (κ3) is 3.22. The maximum absolute atomic E-state index is 11.0. The monoisotopic (exact) mass is 328 g/mol. The van der Waals surface area contributed by atoms with Gasteiger partial charge in [-0.15, -0.1) is 0 Å². The molecule has 2 aromatic heterocycles. The summed E-state index contributed by atoms with van der Waals surface area (Å²) in [7, 11) is 0. The molecular weight excluding hydrogens is 316 g/mol. The molecule has 23 heavy (non-hydrogen) atoms. The molecule has 0 aliphatic rings. The van der Waals surface area contributed by atoms with Gasteiger partial charge in [0.2, 0.25) is 0 Å². The Morgan fingerprint density at radius 2 is 1.96 bits per heavy atom. The Labute approximate surface area is 137 Å². The lowest BCUT2D eigenvalue weighted by Crippen LogP contribution is -2.05. The smallest absolute Gasteiger partial charge is 0.356 e. The molecule has 0 spiro atoms. The van der Waals surface area contributed by atoms with Gasteiger partial charge in [0.15, 0.2) is 17.3 Å². The van der Waals surface area contributed by atoms with E-state index in [4.69, 9.17) is 16.7 Å². The van der Waals surface area contributed by atoms with Gasteiger partial charge in [-0.3, -0.25) is 0 Å². The van der Waals surface area contributed by atoms with Gasteiger partial charge < -0.3 is 5.11 Å². The van der Waals surface area contributed by atoms with Crippen molar-refractivity contribution >= 4 is 17.6 Å². The van der Waals surface area contributed by atoms with E-state index in [-0.39, 0.29) is 5.69 Å². The quantitative estimate of drug-likeness (QED) is 0.795. The summed E-state index contributed by atoms with van der Waals surface area (Å²) in [6, 6.07) is 10.4. The zero-order valence-electron chi connectivity index (χ0n) is 12.3. The van der Waals surface area contributed by atoms with Gasteiger partial charge in [0.1, 0.15) is 0 Å². The second-order valence-electron chi connectivity index (χ2n) is 4.85. The molecular formula is C16H13ClN4O2. The Kier molecular flexibility index (Phi) is 4.08. The van der Waals surface area contributed by atoms with Crippen molar-refractivity contribution in [2.45, 2.75) is 13.3 Å². The number of hydrogen-bond donors (Lipinski definition) is 1. The first-order valence-corrected chi connectivity index (χ1v) is 7.38. The fourth-order valence-corrected chi connectivity index (χ4v) is 2.20. The summed E-state index contributed by atoms with van der Waals surface area (Å²) in [5.74, 6) is -0.0101. The fraction of sp³-hybridized carbons (Fsp3) is 0.125. The van der Waals surface area contributed by atoms with Crippen LogP contribution in [-0.4, -0.2) is 30.8 Å². The minimum absolute atomic E-state index is 0.0327. The number of carboxylic acid groups (broad SMARTS) is 1. The number of benzene rings is 1. The number of aryl methyl sites for hydroxylation is 1. The predicted molar refractivity (Wildman–Crippen MR) is 85.9 cm³/mol. The summed E-state index contributed by atoms with van der Waals surface area (Å²) in [5, 5.41) is 13.6. The van der Waals surface area contributed by atoms with Crippen LogP contribution in [0.3, 0.4) is 0 Å². The van der Waals surface area contributed by atoms with Crippen LogP contribution in [0.1, 0.15) is 23.1 Å². The van der Waals surface area contributed by atoms with Crippen molar-refractivity contribution < 1.29 is 9.90 Å². The maximum atomic E-state index is 11.0. The van der Waals surface area contributed by atoms with Gasteiger partial charge in [0.05, 0.1) is 0 Å². The van der Waals surface area contributed by atoms with Gasteiger partial charge in [-0.2, -0.15) is 5.10 Å². The molecule has 3 aromatic rings. The Morgan fingerprint density at radius 1 is 1.22 bits per heavy atom. The van der Waals surface area contributed by atoms with Crippen molar-refractivity contribution in [2.75, 3.05) is 0 Å². The highest BCUT2D eigenvalue weighted by Gasteiger charge is 2.11. The minimum atomic E-state index is -1.08. The van der Waals surface area contributed by atoms with Crippen LogP contribution in [0.4, 0.5) is 0 Å². The largest absolute Gasteiger partial charge is 0.476 e. The molecule has 0 atom stereocenters. The molecule has 1 aromatic carbocycles. The standard InChI is InChI=1S/C16H13ClN4O2/c1-2-12-9-14(21-8-7-13(20-21)16(22)23)19-15(18-12)10-3-5-11(17)6-4-10/h3-9H,2H2,1H3,(H,22,23). The van der Waals surface area contributed by atoms with E-state index in [0.29, 0.717) is 16.7 Å². The van der Waals surface area contributed by atoms with E-state index >= 15 is 0 Å². The number of aromatic nitrogens is 4. The molecule has 0 bridgehead atoms. The van der Waals surface area contributed by atoms with Gasteiger partial charge in [0.25, 0.3) is 0 Å². The van der Waals surface area contributed by atoms with E-state index in [1.54, 1.807) is 24.4 Å². The first kappa shape index (κ1) is 15.2. The number of aromatic carboxylic acids is 1. The first-order valence-electron chi connectivity index (χ1n) is 7.00. The third-order valence-corrected chi connectivity index (χ3v) is 3.53. The molecule has 3 rings (SSSR count). The predicted octanol–water partition coefficient (Wildman–Crippen LogP) is 3.24. The molecule has 1 N–H and O–H groups in total. The van der Waals surface area contributed by atoms with Crippen molar-refractivity contribution in [3.63, 3.8) is 0 Å². The Morgan fingerprint density at radius 3 is 2.57 bits per heavy atom. The minimum Gasteiger partial charge on any atom is -0.476 e. The molecule has 2 heterocycles. The van der Waals surface area contributed by atoms with E-state index in [0.717, 1.165) is 17.7 Å². The van der Waals surface area contributed by atoms with Crippen LogP contribution >= 0.6 is 11.6 Å². The van der Waals surface area contributed by atoms with E-state index in [1.807, 2.05) is 19.1 Å². The van der Waals surface area contributed by atoms with E-state index in [2.05, 4.69) is 15.1 Å². The second-order valence-corrected chi connectivity index (χ2v) is 5.29. The molecule has 0 saturated carbocycles. The molecule has 6 nitrogen and oxygen atoms in total. The fourth-order valence-electron chi connectivity index (χ4n) is 2.08. The zero-order valence-corrected chi connectivity index (χ0v) is 13.0. The molecule has 7 heteroatoms. The van der Waals surface area contributed by atoms with Crippen LogP contribution in [0.25, 0.3) is 17.2 Å². The van der Waals surface area contributed by atoms with Gasteiger partial charge in [-0.1, -0.05) is 18.5 Å². The van der Waals surface area contributed by atoms with Crippen LogP contribution < -0.4 is 0 Å². The molecule has 0 aliphatic heterocycles. The lowest BCUT2D eigenvalue weighted by molar-refractivity contribution is 0.0690. The highest BCUT2D eigenvalue weighted by Crippen LogP contribution is 2.20. The Hall–Kier alpha value is -2.73. The van der Waals surface area contributed by atoms with Crippen LogP contribution in [0.5, 0.6) is 0 Å². The van der Waals surface area contributed by atoms with Crippen molar-refractivity contribution in [2.24, 2.45) is 0 Å². The van der Waals surface area contributed by atoms with Gasteiger partial charge in [-0.25, -0.2) is 19.4 Å². The molecule has 116 valence electrons. The molecule has 0 fully saturated rings. The van der Waals surface area contributed by atoms with Gasteiger partial charge >= 0.3 is 5.97 Å². The third-order valence-electron chi connectivity index (χ3n) is 3.27. The molecule has 0 amide bonds. The summed E-state index contributed by atoms with van der Waals surface area (Å²) in [6.45, 7) is 1.99. The number of nitrogens with zero attached hydrogens (tertiary/aromatic N) is 4. The van der Waals surface area contributed by atoms with Crippen molar-refractivity contribution in [1.29, 1.82) is 0 Å². The summed E-state index contributed by atoms with van der Waals surface area (Å²) in [5.41, 5.74) is 1.64. The van der Waals surface area contributed by atoms with Crippen molar-refractivity contribution in [3.8, 4) is 17.2 Å². The van der Waals surface area contributed by atoms with Crippen molar-refractivity contribution in [1.82, 2.24) is 19.7 Å². The van der Waals surface area contributed by atoms with Crippen LogP contribution in [-0.2, 0) is 6.42 Å².